The number of rotatable bonds is 22. The number of aliphatic hydroxyl groups is 2. The van der Waals surface area contributed by atoms with Crippen molar-refractivity contribution in [1.82, 2.24) is 29.3 Å². The summed E-state index contributed by atoms with van der Waals surface area (Å²) in [6.45, 7) is 9.19. The van der Waals surface area contributed by atoms with E-state index in [9.17, 15) is 46.2 Å². The van der Waals surface area contributed by atoms with E-state index in [1.165, 1.54) is 45.0 Å². The summed E-state index contributed by atoms with van der Waals surface area (Å²) in [6, 6.07) is 26.2. The molecule has 5 aliphatic rings. The SMILES string of the molecule is CC(C)CN(C[C@@H](O)[C@@H](N)Cc1ccccc1)S(=O)(=O)c1ccc2onc(N)c2c1.CC(C)CN(C[C@@H](O)[C@H](Cc1ccccc1)NC(=O)O[C@H]1CO[C@H]2OCC[C@H]21)S(=O)(=O)c1ccc2onc(N)c2c1.O=C(O[C@H]1CO[C@H]2OCC[C@H]21)ON1C(=O)CCC1=O. The molecule has 9 N–H and O–H groups in total. The van der Waals surface area contributed by atoms with Crippen molar-refractivity contribution in [3.8, 4) is 0 Å². The molecule has 10 atom stereocenters. The Balaban J connectivity index is 0.000000171. The Morgan fingerprint density at radius 1 is 0.644 bits per heavy atom. The largest absolute Gasteiger partial charge is 0.534 e. The number of hydrogen-bond acceptors (Lipinski definition) is 24. The molecule has 30 heteroatoms. The number of aromatic nitrogens is 2. The van der Waals surface area contributed by atoms with Crippen LogP contribution in [0.1, 0.15) is 64.5 Å². The summed E-state index contributed by atoms with van der Waals surface area (Å²) < 4.78 is 99.4. The lowest BCUT2D eigenvalue weighted by Gasteiger charge is -2.31. The first kappa shape index (κ1) is 67.0. The maximum atomic E-state index is 13.8. The number of nitrogens with one attached hydrogen (secondary N) is 1. The zero-order valence-corrected chi connectivity index (χ0v) is 51.8. The van der Waals surface area contributed by atoms with Crippen molar-refractivity contribution in [1.29, 1.82) is 0 Å². The fourth-order valence-corrected chi connectivity index (χ4v) is 14.3. The van der Waals surface area contributed by atoms with Crippen LogP contribution in [0.5, 0.6) is 0 Å². The smallest absolute Gasteiger partial charge is 0.443 e. The Labute approximate surface area is 520 Å². The quantitative estimate of drug-likeness (QED) is 0.0403. The fourth-order valence-electron chi connectivity index (χ4n) is 11.0. The van der Waals surface area contributed by atoms with E-state index in [-0.39, 0.29) is 116 Å². The zero-order valence-electron chi connectivity index (χ0n) is 50.2. The van der Waals surface area contributed by atoms with E-state index in [1.807, 2.05) is 88.4 Å². The van der Waals surface area contributed by atoms with Gasteiger partial charge in [0.1, 0.15) is 12.2 Å². The molecule has 5 fully saturated rings. The van der Waals surface area contributed by atoms with Gasteiger partial charge >= 0.3 is 12.2 Å². The predicted molar refractivity (Wildman–Crippen MR) is 322 cm³/mol. The summed E-state index contributed by atoms with van der Waals surface area (Å²) in [5, 5.41) is 33.5. The molecule has 488 valence electrons. The van der Waals surface area contributed by atoms with E-state index in [0.717, 1.165) is 24.0 Å². The van der Waals surface area contributed by atoms with E-state index in [2.05, 4.69) is 20.5 Å². The van der Waals surface area contributed by atoms with E-state index >= 15 is 0 Å². The van der Waals surface area contributed by atoms with Crippen LogP contribution in [-0.4, -0.2) is 177 Å². The Bertz CT molecular complexity index is 3640. The van der Waals surface area contributed by atoms with Crippen LogP contribution in [0.4, 0.5) is 21.2 Å². The molecule has 3 amide bonds. The average molecular weight is 1290 g/mol. The van der Waals surface area contributed by atoms with Crippen LogP contribution in [0, 0.1) is 23.7 Å². The summed E-state index contributed by atoms with van der Waals surface area (Å²) >= 11 is 0. The summed E-state index contributed by atoms with van der Waals surface area (Å²) in [5.41, 5.74) is 20.4. The van der Waals surface area contributed by atoms with Crippen LogP contribution in [0.2, 0.25) is 0 Å². The number of hydroxylamine groups is 2. The highest BCUT2D eigenvalue weighted by Crippen LogP contribution is 2.35. The number of benzene rings is 4. The molecule has 0 bridgehead atoms. The maximum Gasteiger partial charge on any atom is 0.534 e. The molecule has 2 aromatic heterocycles. The standard InChI is InChI=1S/C28H36N4O8S.C21H28N4O4S.C11H13NO7/c1-17(2)14-32(41(35,36)19-8-9-24-21(13-19)26(29)31-40-24)15-23(33)22(12-18-6-4-3-5-7-18)30-28(34)39-25-16-38-27-20(25)10-11-37-27;1-14(2)12-25(13-19(26)18(22)10-15-6-4-3-5-7-15)30(27,28)16-8-9-20-17(11-16)21(23)24-29-20;13-8-1-2-9(14)12(8)19-11(15)18-7-5-17-10-6(7)3-4-16-10/h3-9,13,17,20,22-23,25,27,33H,10-12,14-16H2,1-2H3,(H2,29,31)(H,30,34);3-9,11,14,18-19,26H,10,12-13,22H2,1-2H3,(H2,23,24);6-7,10H,1-5H2/t20-,22-,23+,25-,27+;18-,19+;6-,7-,10+/m000/s1. The molecule has 0 saturated carbocycles. The Morgan fingerprint density at radius 2 is 1.10 bits per heavy atom. The number of hydrogen-bond donors (Lipinski definition) is 6. The minimum absolute atomic E-state index is 0.00528. The molecule has 0 radical (unpaired) electrons. The number of fused-ring (bicyclic) bond motifs is 4. The highest BCUT2D eigenvalue weighted by Gasteiger charge is 2.46. The van der Waals surface area contributed by atoms with Gasteiger partial charge in [-0.15, -0.1) is 0 Å². The number of nitrogens with two attached hydrogens (primary N) is 3. The van der Waals surface area contributed by atoms with Crippen LogP contribution < -0.4 is 22.5 Å². The van der Waals surface area contributed by atoms with Crippen LogP contribution in [0.3, 0.4) is 0 Å². The lowest BCUT2D eigenvalue weighted by Crippen LogP contribution is -2.51. The number of carbonyl (C=O) groups excluding carboxylic acids is 4. The van der Waals surface area contributed by atoms with Gasteiger partial charge in [0.05, 0.1) is 77.1 Å². The molecule has 4 aromatic carbocycles. The van der Waals surface area contributed by atoms with Crippen molar-refractivity contribution in [2.24, 2.45) is 29.4 Å². The Morgan fingerprint density at radius 3 is 1.58 bits per heavy atom. The van der Waals surface area contributed by atoms with E-state index in [4.69, 9.17) is 54.7 Å². The number of imide groups is 1. The van der Waals surface area contributed by atoms with Gasteiger partial charge in [-0.1, -0.05) is 104 Å². The Kier molecular flexibility index (Phi) is 22.1. The highest BCUT2D eigenvalue weighted by molar-refractivity contribution is 7.89. The number of amides is 3. The van der Waals surface area contributed by atoms with Crippen LogP contribution in [0.15, 0.2) is 116 Å². The average Bonchev–Trinajstić information content (AvgIpc) is 1.48. The van der Waals surface area contributed by atoms with Gasteiger partial charge in [-0.3, -0.25) is 14.4 Å². The van der Waals surface area contributed by atoms with Gasteiger partial charge in [-0.2, -0.15) is 8.61 Å². The molecule has 11 rings (SSSR count). The number of carbonyl (C=O) groups is 4. The number of nitrogens with zero attached hydrogens (tertiary/aromatic N) is 5. The molecule has 5 aliphatic heterocycles. The molecule has 6 aromatic rings. The van der Waals surface area contributed by atoms with Gasteiger partial charge in [0.2, 0.25) is 20.0 Å². The first-order valence-corrected chi connectivity index (χ1v) is 32.5. The van der Waals surface area contributed by atoms with Crippen molar-refractivity contribution in [3.05, 3.63) is 108 Å². The summed E-state index contributed by atoms with van der Waals surface area (Å²) in [5.74, 6) is -0.904. The zero-order chi connectivity index (χ0) is 64.4. The van der Waals surface area contributed by atoms with Crippen molar-refractivity contribution in [3.63, 3.8) is 0 Å². The third-order valence-electron chi connectivity index (χ3n) is 15.7. The number of alkyl carbamates (subject to hydrolysis) is 1. The van der Waals surface area contributed by atoms with E-state index in [1.54, 1.807) is 0 Å². The third-order valence-corrected chi connectivity index (χ3v) is 19.3. The van der Waals surface area contributed by atoms with Gasteiger partial charge in [-0.25, -0.2) is 26.4 Å². The monoisotopic (exact) mass is 1290 g/mol. The molecule has 0 aliphatic carbocycles. The number of ether oxygens (including phenoxy) is 6. The van der Waals surface area contributed by atoms with E-state index < -0.39 is 80.6 Å². The highest BCUT2D eigenvalue weighted by atomic mass is 32.2. The molecule has 28 nitrogen and oxygen atoms in total. The normalized spacial score (nSPS) is 22.1. The first-order valence-electron chi connectivity index (χ1n) is 29.6. The van der Waals surface area contributed by atoms with Gasteiger partial charge in [0.15, 0.2) is 35.4 Å². The second-order valence-corrected chi connectivity index (χ2v) is 27.3. The molecular formula is C60H77N9O19S2. The molecule has 7 heterocycles. The van der Waals surface area contributed by atoms with Crippen molar-refractivity contribution >= 4 is 77.7 Å². The Hall–Kier alpha value is -7.36. The molecule has 0 spiro atoms. The van der Waals surface area contributed by atoms with Gasteiger partial charge in [-0.05, 0) is 85.0 Å². The number of aliphatic hydroxyl groups excluding tert-OH is 2. The summed E-state index contributed by atoms with van der Waals surface area (Å²) in [4.78, 5) is 51.8. The molecule has 5 saturated heterocycles. The lowest BCUT2D eigenvalue weighted by atomic mass is 10.0. The molecular weight excluding hydrogens is 1210 g/mol. The first-order chi connectivity index (χ1) is 42.9. The lowest BCUT2D eigenvalue weighted by molar-refractivity contribution is -0.179. The van der Waals surface area contributed by atoms with Crippen LogP contribution in [-0.2, 0) is 75.7 Å². The van der Waals surface area contributed by atoms with Gasteiger partial charge in [0.25, 0.3) is 11.8 Å². The number of nitrogen functional groups attached to an aromatic ring is 2. The summed E-state index contributed by atoms with van der Waals surface area (Å²) in [7, 11) is -7.96. The topological polar surface area (TPSA) is 394 Å². The predicted octanol–water partition coefficient (Wildman–Crippen LogP) is 4.47. The van der Waals surface area contributed by atoms with E-state index in [0.29, 0.717) is 46.6 Å². The number of sulfonamides is 2. The third kappa shape index (κ3) is 16.6. The van der Waals surface area contributed by atoms with Crippen molar-refractivity contribution in [2.45, 2.75) is 125 Å². The van der Waals surface area contributed by atoms with Crippen molar-refractivity contribution in [2.75, 3.05) is 64.1 Å². The summed E-state index contributed by atoms with van der Waals surface area (Å²) in [6.07, 6.45) is -3.43. The fraction of sp³-hybridized carbons (Fsp3) is 0.500. The van der Waals surface area contributed by atoms with Gasteiger partial charge in [0, 0.05) is 45.1 Å². The van der Waals surface area contributed by atoms with Gasteiger partial charge < -0.3 is 70.2 Å². The second-order valence-electron chi connectivity index (χ2n) is 23.4. The van der Waals surface area contributed by atoms with Crippen LogP contribution in [0.25, 0.3) is 21.9 Å². The molecule has 90 heavy (non-hydrogen) atoms. The second kappa shape index (κ2) is 29.7. The minimum atomic E-state index is -4.07. The maximum absolute atomic E-state index is 13.8. The molecule has 0 unspecified atom stereocenters. The number of anilines is 2. The van der Waals surface area contributed by atoms with Crippen molar-refractivity contribution < 1.29 is 88.5 Å². The minimum Gasteiger partial charge on any atom is -0.443 e. The van der Waals surface area contributed by atoms with Crippen LogP contribution >= 0.6 is 0 Å².